The number of ether oxygens (including phenoxy) is 1. The van der Waals surface area contributed by atoms with Crippen LogP contribution < -0.4 is 9.64 Å². The molecular weight excluding hydrogens is 316 g/mol. The van der Waals surface area contributed by atoms with Gasteiger partial charge in [0.05, 0.1) is 19.9 Å². The molecule has 0 spiro atoms. The summed E-state index contributed by atoms with van der Waals surface area (Å²) in [4.78, 5) is 16.6. The fourth-order valence-corrected chi connectivity index (χ4v) is 3.28. The van der Waals surface area contributed by atoms with Crippen LogP contribution in [0.1, 0.15) is 5.56 Å². The summed E-state index contributed by atoms with van der Waals surface area (Å²) in [6, 6.07) is 15.8. The maximum absolute atomic E-state index is 12.6. The highest BCUT2D eigenvalue weighted by molar-refractivity contribution is 5.95. The Hall–Kier alpha value is -2.79. The number of fused-ring (bicyclic) bond motifs is 1. The zero-order chi connectivity index (χ0) is 17.2. The van der Waals surface area contributed by atoms with Crippen molar-refractivity contribution in [2.45, 2.75) is 6.54 Å². The molecule has 0 N–H and O–H groups in total. The van der Waals surface area contributed by atoms with Gasteiger partial charge in [-0.15, -0.1) is 0 Å². The molecule has 1 aliphatic heterocycles. The number of methoxy groups -OCH3 is 1. The van der Waals surface area contributed by atoms with E-state index in [0.717, 1.165) is 35.5 Å². The van der Waals surface area contributed by atoms with Crippen molar-refractivity contribution in [1.82, 2.24) is 4.90 Å². The molecule has 1 aliphatic rings. The lowest BCUT2D eigenvalue weighted by molar-refractivity contribution is -0.121. The van der Waals surface area contributed by atoms with Crippen molar-refractivity contribution in [1.29, 1.82) is 0 Å². The van der Waals surface area contributed by atoms with Gasteiger partial charge in [-0.25, -0.2) is 0 Å². The average Bonchev–Trinajstić information content (AvgIpc) is 3.10. The molecular formula is C20H20N2O3. The Morgan fingerprint density at radius 3 is 2.88 bits per heavy atom. The third-order valence-electron chi connectivity index (χ3n) is 4.59. The number of piperazine rings is 1. The second kappa shape index (κ2) is 6.61. The van der Waals surface area contributed by atoms with Crippen LogP contribution in [0.3, 0.4) is 0 Å². The zero-order valence-corrected chi connectivity index (χ0v) is 14.1. The SMILES string of the molecule is COc1cccc(N2CCN(Cc3ccc4occc4c3)CC2=O)c1. The average molecular weight is 336 g/mol. The van der Waals surface area contributed by atoms with Gasteiger partial charge >= 0.3 is 0 Å². The van der Waals surface area contributed by atoms with E-state index in [-0.39, 0.29) is 5.91 Å². The zero-order valence-electron chi connectivity index (χ0n) is 14.1. The lowest BCUT2D eigenvalue weighted by atomic mass is 10.1. The number of hydrogen-bond donors (Lipinski definition) is 0. The molecule has 0 unspecified atom stereocenters. The van der Waals surface area contributed by atoms with Gasteiger partial charge in [-0.05, 0) is 35.9 Å². The summed E-state index contributed by atoms with van der Waals surface area (Å²) >= 11 is 0. The van der Waals surface area contributed by atoms with Crippen LogP contribution in [0.15, 0.2) is 59.2 Å². The van der Waals surface area contributed by atoms with Gasteiger partial charge in [-0.3, -0.25) is 9.69 Å². The second-order valence-corrected chi connectivity index (χ2v) is 6.25. The van der Waals surface area contributed by atoms with Crippen molar-refractivity contribution in [2.24, 2.45) is 0 Å². The Labute approximate surface area is 146 Å². The molecule has 0 radical (unpaired) electrons. The number of benzene rings is 2. The lowest BCUT2D eigenvalue weighted by Gasteiger charge is -2.34. The number of furan rings is 1. The Kier molecular flexibility index (Phi) is 4.15. The van der Waals surface area contributed by atoms with Gasteiger partial charge in [0.15, 0.2) is 0 Å². The van der Waals surface area contributed by atoms with E-state index < -0.39 is 0 Å². The van der Waals surface area contributed by atoms with Crippen LogP contribution in [0.4, 0.5) is 5.69 Å². The van der Waals surface area contributed by atoms with Crippen molar-refractivity contribution in [3.8, 4) is 5.75 Å². The molecule has 1 fully saturated rings. The minimum Gasteiger partial charge on any atom is -0.497 e. The summed E-state index contributed by atoms with van der Waals surface area (Å²) in [7, 11) is 1.63. The van der Waals surface area contributed by atoms with Crippen molar-refractivity contribution < 1.29 is 13.9 Å². The third-order valence-corrected chi connectivity index (χ3v) is 4.59. The first-order valence-electron chi connectivity index (χ1n) is 8.36. The minimum atomic E-state index is 0.115. The summed E-state index contributed by atoms with van der Waals surface area (Å²) in [5, 5.41) is 1.10. The first-order valence-corrected chi connectivity index (χ1v) is 8.36. The molecule has 3 aromatic rings. The number of carbonyl (C=O) groups excluding carboxylic acids is 1. The van der Waals surface area contributed by atoms with Gasteiger partial charge in [0, 0.05) is 36.8 Å². The monoisotopic (exact) mass is 336 g/mol. The summed E-state index contributed by atoms with van der Waals surface area (Å²) < 4.78 is 10.6. The van der Waals surface area contributed by atoms with Crippen LogP contribution in [0.25, 0.3) is 11.0 Å². The molecule has 2 heterocycles. The summed E-state index contributed by atoms with van der Waals surface area (Å²) in [6.07, 6.45) is 1.70. The Balaban J connectivity index is 1.44. The summed E-state index contributed by atoms with van der Waals surface area (Å²) in [6.45, 7) is 2.70. The smallest absolute Gasteiger partial charge is 0.241 e. The van der Waals surface area contributed by atoms with Gasteiger partial charge in [0.25, 0.3) is 0 Å². The number of amides is 1. The van der Waals surface area contributed by atoms with Crippen molar-refractivity contribution >= 4 is 22.6 Å². The van der Waals surface area contributed by atoms with Gasteiger partial charge in [0.2, 0.25) is 5.91 Å². The molecule has 1 saturated heterocycles. The first-order chi connectivity index (χ1) is 12.2. The lowest BCUT2D eigenvalue weighted by Crippen LogP contribution is -2.50. The maximum atomic E-state index is 12.6. The molecule has 128 valence electrons. The molecule has 1 amide bonds. The van der Waals surface area contributed by atoms with E-state index in [1.807, 2.05) is 41.3 Å². The molecule has 4 rings (SSSR count). The fourth-order valence-electron chi connectivity index (χ4n) is 3.28. The van der Waals surface area contributed by atoms with E-state index in [1.165, 1.54) is 5.56 Å². The number of anilines is 1. The molecule has 0 saturated carbocycles. The van der Waals surface area contributed by atoms with Crippen LogP contribution in [0, 0.1) is 0 Å². The Morgan fingerprint density at radius 1 is 1.12 bits per heavy atom. The van der Waals surface area contributed by atoms with E-state index in [1.54, 1.807) is 13.4 Å². The molecule has 5 heteroatoms. The highest BCUT2D eigenvalue weighted by Crippen LogP contribution is 2.24. The van der Waals surface area contributed by atoms with E-state index >= 15 is 0 Å². The Bertz CT molecular complexity index is 903. The van der Waals surface area contributed by atoms with Gasteiger partial charge < -0.3 is 14.1 Å². The second-order valence-electron chi connectivity index (χ2n) is 6.25. The molecule has 1 aromatic heterocycles. The highest BCUT2D eigenvalue weighted by Gasteiger charge is 2.25. The van der Waals surface area contributed by atoms with E-state index in [0.29, 0.717) is 13.1 Å². The van der Waals surface area contributed by atoms with Gasteiger partial charge in [-0.1, -0.05) is 12.1 Å². The minimum absolute atomic E-state index is 0.115. The largest absolute Gasteiger partial charge is 0.497 e. The number of rotatable bonds is 4. The van der Waals surface area contributed by atoms with Crippen LogP contribution in [-0.2, 0) is 11.3 Å². The fraction of sp³-hybridized carbons (Fsp3) is 0.250. The predicted octanol–water partition coefficient (Wildman–Crippen LogP) is 3.29. The standard InChI is InChI=1S/C20H20N2O3/c1-24-18-4-2-3-17(12-18)22-9-8-21(14-20(22)23)13-15-5-6-19-16(11-15)7-10-25-19/h2-7,10-12H,8-9,13-14H2,1H3. The van der Waals surface area contributed by atoms with Gasteiger partial charge in [0.1, 0.15) is 11.3 Å². The summed E-state index contributed by atoms with van der Waals surface area (Å²) in [5.74, 6) is 0.880. The van der Waals surface area contributed by atoms with Crippen LogP contribution in [-0.4, -0.2) is 37.6 Å². The molecule has 5 nitrogen and oxygen atoms in total. The van der Waals surface area contributed by atoms with E-state index in [4.69, 9.17) is 9.15 Å². The summed E-state index contributed by atoms with van der Waals surface area (Å²) in [5.41, 5.74) is 2.98. The topological polar surface area (TPSA) is 45.9 Å². The molecule has 0 atom stereocenters. The van der Waals surface area contributed by atoms with Crippen LogP contribution in [0.2, 0.25) is 0 Å². The predicted molar refractivity (Wildman–Crippen MR) is 96.8 cm³/mol. The first kappa shape index (κ1) is 15.7. The normalized spacial score (nSPS) is 15.7. The van der Waals surface area contributed by atoms with E-state index in [2.05, 4.69) is 17.0 Å². The Morgan fingerprint density at radius 2 is 2.04 bits per heavy atom. The third kappa shape index (κ3) is 3.23. The number of hydrogen-bond acceptors (Lipinski definition) is 4. The van der Waals surface area contributed by atoms with Crippen molar-refractivity contribution in [3.63, 3.8) is 0 Å². The number of nitrogens with zero attached hydrogens (tertiary/aromatic N) is 2. The maximum Gasteiger partial charge on any atom is 0.241 e. The molecule has 25 heavy (non-hydrogen) atoms. The molecule has 0 bridgehead atoms. The van der Waals surface area contributed by atoms with Gasteiger partial charge in [-0.2, -0.15) is 0 Å². The van der Waals surface area contributed by atoms with Crippen molar-refractivity contribution in [3.05, 3.63) is 60.4 Å². The quantitative estimate of drug-likeness (QED) is 0.733. The molecule has 2 aromatic carbocycles. The van der Waals surface area contributed by atoms with E-state index in [9.17, 15) is 4.79 Å². The van der Waals surface area contributed by atoms with Crippen LogP contribution in [0.5, 0.6) is 5.75 Å². The van der Waals surface area contributed by atoms with Crippen molar-refractivity contribution in [2.75, 3.05) is 31.6 Å². The highest BCUT2D eigenvalue weighted by atomic mass is 16.5. The number of carbonyl (C=O) groups is 1. The molecule has 0 aliphatic carbocycles. The van der Waals surface area contributed by atoms with Crippen LogP contribution >= 0.6 is 0 Å².